The van der Waals surface area contributed by atoms with Gasteiger partial charge in [-0.2, -0.15) is 5.10 Å². The summed E-state index contributed by atoms with van der Waals surface area (Å²) in [4.78, 5) is 11.8. The molecule has 0 aliphatic carbocycles. The van der Waals surface area contributed by atoms with Crippen molar-refractivity contribution in [3.05, 3.63) is 11.6 Å². The number of hydrogen-bond acceptors (Lipinski definition) is 5. The highest BCUT2D eigenvalue weighted by Crippen LogP contribution is 2.16. The fraction of sp³-hybridized carbons (Fsp3) is 0.833. The molecule has 146 valence electrons. The van der Waals surface area contributed by atoms with Crippen LogP contribution in [0.5, 0.6) is 0 Å². The summed E-state index contributed by atoms with van der Waals surface area (Å²) in [6.07, 6.45) is 4.47. The van der Waals surface area contributed by atoms with Crippen molar-refractivity contribution < 1.29 is 4.74 Å². The molecule has 8 heteroatoms. The molecule has 0 saturated carbocycles. The molecule has 3 heterocycles. The van der Waals surface area contributed by atoms with Crippen molar-refractivity contribution in [1.82, 2.24) is 30.3 Å². The van der Waals surface area contributed by atoms with Gasteiger partial charge in [-0.15, -0.1) is 0 Å². The standard InChI is InChI=1S/C18H33N7O/c1-4-19-18(20-11-14-7-9-24(2)10-8-14)21-15-5-6-17-22-16(13-26-3)23-25(17)12-15/h14-15H,4-13H2,1-3H3,(H2,19,20,21). The number of methoxy groups -OCH3 is 1. The van der Waals surface area contributed by atoms with Gasteiger partial charge in [0, 0.05) is 32.7 Å². The van der Waals surface area contributed by atoms with E-state index in [1.165, 1.54) is 25.9 Å². The summed E-state index contributed by atoms with van der Waals surface area (Å²) in [5.74, 6) is 3.46. The van der Waals surface area contributed by atoms with E-state index in [0.717, 1.165) is 50.1 Å². The van der Waals surface area contributed by atoms with Gasteiger partial charge in [0.15, 0.2) is 11.8 Å². The van der Waals surface area contributed by atoms with Crippen LogP contribution in [-0.2, 0) is 24.3 Å². The third-order valence-corrected chi connectivity index (χ3v) is 5.21. The van der Waals surface area contributed by atoms with Crippen LogP contribution in [0.25, 0.3) is 0 Å². The van der Waals surface area contributed by atoms with E-state index in [1.807, 2.05) is 4.68 Å². The van der Waals surface area contributed by atoms with E-state index in [0.29, 0.717) is 18.6 Å². The molecule has 1 atom stereocenters. The maximum absolute atomic E-state index is 5.14. The number of aliphatic imine (C=N–C) groups is 1. The maximum atomic E-state index is 5.14. The first-order valence-corrected chi connectivity index (χ1v) is 9.82. The number of piperidine rings is 1. The van der Waals surface area contributed by atoms with Gasteiger partial charge in [-0.1, -0.05) is 0 Å². The van der Waals surface area contributed by atoms with Gasteiger partial charge >= 0.3 is 0 Å². The van der Waals surface area contributed by atoms with Crippen LogP contribution in [0.2, 0.25) is 0 Å². The van der Waals surface area contributed by atoms with Crippen molar-refractivity contribution in [2.45, 2.75) is 51.8 Å². The molecule has 8 nitrogen and oxygen atoms in total. The lowest BCUT2D eigenvalue weighted by molar-refractivity contribution is 0.177. The van der Waals surface area contributed by atoms with E-state index < -0.39 is 0 Å². The molecule has 0 aromatic carbocycles. The van der Waals surface area contributed by atoms with Crippen molar-refractivity contribution >= 4 is 5.96 Å². The van der Waals surface area contributed by atoms with Crippen molar-refractivity contribution in [2.75, 3.05) is 40.3 Å². The predicted molar refractivity (Wildman–Crippen MR) is 102 cm³/mol. The summed E-state index contributed by atoms with van der Waals surface area (Å²) < 4.78 is 7.15. The highest BCUT2D eigenvalue weighted by Gasteiger charge is 2.23. The Morgan fingerprint density at radius 2 is 2.12 bits per heavy atom. The van der Waals surface area contributed by atoms with Gasteiger partial charge in [0.1, 0.15) is 12.4 Å². The number of nitrogens with zero attached hydrogens (tertiary/aromatic N) is 5. The topological polar surface area (TPSA) is 79.6 Å². The number of aromatic nitrogens is 3. The first-order valence-electron chi connectivity index (χ1n) is 9.82. The van der Waals surface area contributed by atoms with Crippen LogP contribution in [0.1, 0.15) is 37.8 Å². The molecule has 2 aliphatic rings. The Balaban J connectivity index is 1.54. The molecule has 3 rings (SSSR count). The molecule has 0 radical (unpaired) electrons. The summed E-state index contributed by atoms with van der Waals surface area (Å²) in [7, 11) is 3.87. The lowest BCUT2D eigenvalue weighted by Gasteiger charge is -2.28. The molecule has 0 spiro atoms. The van der Waals surface area contributed by atoms with Gasteiger partial charge in [-0.05, 0) is 52.2 Å². The van der Waals surface area contributed by atoms with Crippen LogP contribution in [0.15, 0.2) is 4.99 Å². The van der Waals surface area contributed by atoms with Crippen molar-refractivity contribution in [3.63, 3.8) is 0 Å². The number of rotatable bonds is 6. The van der Waals surface area contributed by atoms with Crippen LogP contribution in [0.3, 0.4) is 0 Å². The van der Waals surface area contributed by atoms with Crippen LogP contribution >= 0.6 is 0 Å². The van der Waals surface area contributed by atoms with Crippen molar-refractivity contribution in [2.24, 2.45) is 10.9 Å². The van der Waals surface area contributed by atoms with Gasteiger partial charge in [-0.3, -0.25) is 4.99 Å². The van der Waals surface area contributed by atoms with Crippen molar-refractivity contribution in [3.8, 4) is 0 Å². The van der Waals surface area contributed by atoms with Crippen LogP contribution in [-0.4, -0.2) is 72.0 Å². The Morgan fingerprint density at radius 1 is 1.31 bits per heavy atom. The molecule has 1 unspecified atom stereocenters. The quantitative estimate of drug-likeness (QED) is 0.570. The Labute approximate surface area is 156 Å². The van der Waals surface area contributed by atoms with Gasteiger partial charge in [0.2, 0.25) is 0 Å². The first-order chi connectivity index (χ1) is 12.7. The second-order valence-corrected chi connectivity index (χ2v) is 7.41. The first kappa shape index (κ1) is 19.1. The number of fused-ring (bicyclic) bond motifs is 1. The minimum absolute atomic E-state index is 0.329. The van der Waals surface area contributed by atoms with E-state index in [-0.39, 0.29) is 0 Å². The molecule has 1 aromatic heterocycles. The molecule has 0 amide bonds. The number of guanidine groups is 1. The molecular formula is C18H33N7O. The Hall–Kier alpha value is -1.67. The normalized spacial score (nSPS) is 22.3. The molecule has 1 saturated heterocycles. The number of nitrogens with one attached hydrogen (secondary N) is 2. The van der Waals surface area contributed by atoms with Crippen LogP contribution in [0, 0.1) is 5.92 Å². The monoisotopic (exact) mass is 363 g/mol. The van der Waals surface area contributed by atoms with E-state index in [2.05, 4.69) is 39.6 Å². The second-order valence-electron chi connectivity index (χ2n) is 7.41. The highest BCUT2D eigenvalue weighted by molar-refractivity contribution is 5.80. The summed E-state index contributed by atoms with van der Waals surface area (Å²) >= 11 is 0. The molecule has 26 heavy (non-hydrogen) atoms. The summed E-state index contributed by atoms with van der Waals surface area (Å²) in [5, 5.41) is 11.5. The third-order valence-electron chi connectivity index (χ3n) is 5.21. The van der Waals surface area contributed by atoms with E-state index >= 15 is 0 Å². The van der Waals surface area contributed by atoms with Gasteiger partial charge in [0.05, 0.1) is 6.54 Å². The number of aryl methyl sites for hydroxylation is 1. The fourth-order valence-electron chi connectivity index (χ4n) is 3.65. The molecular weight excluding hydrogens is 330 g/mol. The minimum atomic E-state index is 0.329. The average Bonchev–Trinajstić information content (AvgIpc) is 3.03. The summed E-state index contributed by atoms with van der Waals surface area (Å²) in [5.41, 5.74) is 0. The zero-order valence-electron chi connectivity index (χ0n) is 16.4. The zero-order valence-corrected chi connectivity index (χ0v) is 16.4. The van der Waals surface area contributed by atoms with Gasteiger partial charge in [-0.25, -0.2) is 9.67 Å². The smallest absolute Gasteiger partial charge is 0.191 e. The minimum Gasteiger partial charge on any atom is -0.377 e. The summed E-state index contributed by atoms with van der Waals surface area (Å²) in [6, 6.07) is 0.329. The molecule has 2 aliphatic heterocycles. The number of ether oxygens (including phenoxy) is 1. The van der Waals surface area contributed by atoms with E-state index in [1.54, 1.807) is 7.11 Å². The fourth-order valence-corrected chi connectivity index (χ4v) is 3.65. The highest BCUT2D eigenvalue weighted by atomic mass is 16.5. The predicted octanol–water partition coefficient (Wildman–Crippen LogP) is 0.636. The number of hydrogen-bond donors (Lipinski definition) is 2. The maximum Gasteiger partial charge on any atom is 0.191 e. The Bertz CT molecular complexity index is 592. The second kappa shape index (κ2) is 9.32. The third kappa shape index (κ3) is 5.17. The lowest BCUT2D eigenvalue weighted by atomic mass is 9.97. The average molecular weight is 364 g/mol. The molecule has 1 aromatic rings. The molecule has 0 bridgehead atoms. The van der Waals surface area contributed by atoms with Crippen LogP contribution in [0.4, 0.5) is 0 Å². The molecule has 2 N–H and O–H groups in total. The SMILES string of the molecule is CCNC(=NCC1CCN(C)CC1)NC1CCc2nc(COC)nn2C1. The Morgan fingerprint density at radius 3 is 2.85 bits per heavy atom. The van der Waals surface area contributed by atoms with Crippen LogP contribution < -0.4 is 10.6 Å². The molecule has 1 fully saturated rings. The van der Waals surface area contributed by atoms with Gasteiger partial charge < -0.3 is 20.3 Å². The Kier molecular flexibility index (Phi) is 6.85. The van der Waals surface area contributed by atoms with E-state index in [4.69, 9.17) is 9.73 Å². The number of likely N-dealkylation sites (tertiary alicyclic amines) is 1. The lowest BCUT2D eigenvalue weighted by Crippen LogP contribution is -2.47. The van der Waals surface area contributed by atoms with Crippen molar-refractivity contribution in [1.29, 1.82) is 0 Å². The summed E-state index contributed by atoms with van der Waals surface area (Å²) in [6.45, 7) is 7.56. The van der Waals surface area contributed by atoms with E-state index in [9.17, 15) is 0 Å². The van der Waals surface area contributed by atoms with Gasteiger partial charge in [0.25, 0.3) is 0 Å². The largest absolute Gasteiger partial charge is 0.377 e. The zero-order chi connectivity index (χ0) is 18.4.